The molecule has 41 heavy (non-hydrogen) atoms. The highest BCUT2D eigenvalue weighted by molar-refractivity contribution is 7.85. The SMILES string of the molecule is CCOc1cc2c(cc1OC)C(c1cc(OC)nnc1OC)=N[C@@H]1CC[C@@H](O)C[C@H]21.Cc1ccc(S(=O)(=O)O)cc1. The molecule has 12 heteroatoms. The maximum atomic E-state index is 10.5. The van der Waals surface area contributed by atoms with E-state index in [2.05, 4.69) is 10.2 Å². The maximum Gasteiger partial charge on any atom is 0.294 e. The summed E-state index contributed by atoms with van der Waals surface area (Å²) >= 11 is 0. The Labute approximate surface area is 239 Å². The number of aliphatic imine (C=N–C) groups is 1. The first kappa shape index (κ1) is 30.2. The minimum absolute atomic E-state index is 0.0580. The van der Waals surface area contributed by atoms with Gasteiger partial charge in [-0.05, 0) is 62.9 Å². The molecular weight excluding hydrogens is 550 g/mol. The summed E-state index contributed by atoms with van der Waals surface area (Å²) < 4.78 is 51.7. The van der Waals surface area contributed by atoms with Crippen LogP contribution in [0.1, 0.15) is 54.4 Å². The van der Waals surface area contributed by atoms with Crippen molar-refractivity contribution < 1.29 is 37.0 Å². The molecule has 0 bridgehead atoms. The lowest BCUT2D eigenvalue weighted by Gasteiger charge is -2.37. The van der Waals surface area contributed by atoms with E-state index in [4.69, 9.17) is 28.5 Å². The molecule has 1 aromatic heterocycles. The summed E-state index contributed by atoms with van der Waals surface area (Å²) in [5.41, 5.74) is 4.43. The van der Waals surface area contributed by atoms with Crippen LogP contribution in [-0.4, -0.2) is 74.1 Å². The summed E-state index contributed by atoms with van der Waals surface area (Å²) in [6.07, 6.45) is 1.88. The first-order valence-corrected chi connectivity index (χ1v) is 14.6. The van der Waals surface area contributed by atoms with Gasteiger partial charge >= 0.3 is 0 Å². The maximum absolute atomic E-state index is 10.5. The molecule has 1 aliphatic heterocycles. The van der Waals surface area contributed by atoms with E-state index in [9.17, 15) is 13.5 Å². The summed E-state index contributed by atoms with van der Waals surface area (Å²) in [7, 11) is 0.707. The molecule has 220 valence electrons. The lowest BCUT2D eigenvalue weighted by molar-refractivity contribution is 0.111. The van der Waals surface area contributed by atoms with E-state index >= 15 is 0 Å². The van der Waals surface area contributed by atoms with Gasteiger partial charge in [0.25, 0.3) is 10.1 Å². The number of hydrogen-bond donors (Lipinski definition) is 2. The van der Waals surface area contributed by atoms with E-state index in [1.807, 2.05) is 26.0 Å². The number of nitrogens with zero attached hydrogens (tertiary/aromatic N) is 3. The second kappa shape index (κ2) is 12.8. The van der Waals surface area contributed by atoms with E-state index in [1.54, 1.807) is 39.5 Å². The van der Waals surface area contributed by atoms with Crippen molar-refractivity contribution in [2.45, 2.75) is 56.1 Å². The van der Waals surface area contributed by atoms with Crippen LogP contribution in [0.4, 0.5) is 0 Å². The fourth-order valence-corrected chi connectivity index (χ4v) is 5.56. The first-order valence-electron chi connectivity index (χ1n) is 13.2. The highest BCUT2D eigenvalue weighted by Crippen LogP contribution is 2.45. The number of ether oxygens (including phenoxy) is 4. The molecule has 5 rings (SSSR count). The van der Waals surface area contributed by atoms with E-state index < -0.39 is 10.1 Å². The van der Waals surface area contributed by atoms with Gasteiger partial charge in [-0.2, -0.15) is 8.42 Å². The number of aromatic nitrogens is 2. The monoisotopic (exact) mass is 585 g/mol. The van der Waals surface area contributed by atoms with Gasteiger partial charge in [-0.3, -0.25) is 9.55 Å². The van der Waals surface area contributed by atoms with Gasteiger partial charge in [-0.15, -0.1) is 10.2 Å². The number of aliphatic hydroxyl groups excluding tert-OH is 1. The quantitative estimate of drug-likeness (QED) is 0.390. The van der Waals surface area contributed by atoms with Gasteiger partial charge in [-0.1, -0.05) is 17.7 Å². The molecule has 3 aromatic rings. The van der Waals surface area contributed by atoms with Crippen LogP contribution in [0.3, 0.4) is 0 Å². The highest BCUT2D eigenvalue weighted by Gasteiger charge is 2.38. The largest absolute Gasteiger partial charge is 0.493 e. The summed E-state index contributed by atoms with van der Waals surface area (Å²) in [6, 6.07) is 11.8. The summed E-state index contributed by atoms with van der Waals surface area (Å²) in [4.78, 5) is 5.02. The van der Waals surface area contributed by atoms with Crippen molar-refractivity contribution in [1.29, 1.82) is 0 Å². The predicted octanol–water partition coefficient (Wildman–Crippen LogP) is 3.99. The summed E-state index contributed by atoms with van der Waals surface area (Å²) in [5, 5.41) is 18.5. The predicted molar refractivity (Wildman–Crippen MR) is 152 cm³/mol. The third-order valence-electron chi connectivity index (χ3n) is 7.09. The van der Waals surface area contributed by atoms with Gasteiger partial charge in [0.1, 0.15) is 0 Å². The van der Waals surface area contributed by atoms with Gasteiger partial charge in [-0.25, -0.2) is 0 Å². The van der Waals surface area contributed by atoms with Crippen LogP contribution in [0.15, 0.2) is 52.4 Å². The fraction of sp³-hybridized carbons (Fsp3) is 0.414. The van der Waals surface area contributed by atoms with Crippen LogP contribution < -0.4 is 18.9 Å². The first-order chi connectivity index (χ1) is 19.6. The molecule has 2 aliphatic rings. The Morgan fingerprint density at radius 1 is 0.927 bits per heavy atom. The highest BCUT2D eigenvalue weighted by atomic mass is 32.2. The molecule has 0 unspecified atom stereocenters. The average molecular weight is 586 g/mol. The van der Waals surface area contributed by atoms with Crippen molar-refractivity contribution in [3.05, 3.63) is 64.7 Å². The third kappa shape index (κ3) is 6.77. The van der Waals surface area contributed by atoms with Crippen molar-refractivity contribution in [2.75, 3.05) is 27.9 Å². The van der Waals surface area contributed by atoms with Gasteiger partial charge in [0.05, 0.1) is 56.3 Å². The zero-order chi connectivity index (χ0) is 29.7. The molecule has 0 amide bonds. The lowest BCUT2D eigenvalue weighted by atomic mass is 9.74. The van der Waals surface area contributed by atoms with Crippen LogP contribution in [0, 0.1) is 6.92 Å². The van der Waals surface area contributed by atoms with Crippen LogP contribution in [0.25, 0.3) is 0 Å². The minimum Gasteiger partial charge on any atom is -0.493 e. The smallest absolute Gasteiger partial charge is 0.294 e. The number of benzene rings is 2. The molecule has 1 saturated carbocycles. The normalized spacial score (nSPS) is 19.5. The van der Waals surface area contributed by atoms with E-state index in [1.165, 1.54) is 12.1 Å². The Morgan fingerprint density at radius 3 is 2.27 bits per heavy atom. The van der Waals surface area contributed by atoms with Crippen LogP contribution >= 0.6 is 0 Å². The molecule has 2 N–H and O–H groups in total. The molecule has 1 fully saturated rings. The number of rotatable bonds is 7. The second-order valence-corrected chi connectivity index (χ2v) is 11.2. The molecule has 11 nitrogen and oxygen atoms in total. The summed E-state index contributed by atoms with van der Waals surface area (Å²) in [5.74, 6) is 2.19. The number of aryl methyl sites for hydroxylation is 1. The van der Waals surface area contributed by atoms with E-state index in [0.29, 0.717) is 41.9 Å². The minimum atomic E-state index is -4.02. The molecule has 0 radical (unpaired) electrons. The number of methoxy groups -OCH3 is 3. The van der Waals surface area contributed by atoms with Crippen molar-refractivity contribution in [1.82, 2.24) is 10.2 Å². The van der Waals surface area contributed by atoms with Crippen molar-refractivity contribution in [3.63, 3.8) is 0 Å². The van der Waals surface area contributed by atoms with Crippen LogP contribution in [0.5, 0.6) is 23.3 Å². The Kier molecular flexibility index (Phi) is 9.46. The zero-order valence-electron chi connectivity index (χ0n) is 23.7. The Balaban J connectivity index is 0.000000296. The number of aliphatic hydroxyl groups is 1. The van der Waals surface area contributed by atoms with Crippen molar-refractivity contribution >= 4 is 15.8 Å². The van der Waals surface area contributed by atoms with Gasteiger partial charge in [0.15, 0.2) is 11.5 Å². The Morgan fingerprint density at radius 2 is 1.66 bits per heavy atom. The third-order valence-corrected chi connectivity index (χ3v) is 7.95. The van der Waals surface area contributed by atoms with Gasteiger partial charge < -0.3 is 24.1 Å². The Hall–Kier alpha value is -3.74. The zero-order valence-corrected chi connectivity index (χ0v) is 24.5. The molecule has 1 aliphatic carbocycles. The van der Waals surface area contributed by atoms with Crippen LogP contribution in [0.2, 0.25) is 0 Å². The number of hydrogen-bond acceptors (Lipinski definition) is 10. The van der Waals surface area contributed by atoms with Gasteiger partial charge in [0, 0.05) is 17.5 Å². The fourth-order valence-electron chi connectivity index (χ4n) is 5.08. The van der Waals surface area contributed by atoms with Crippen LogP contribution in [-0.2, 0) is 10.1 Å². The molecule has 0 saturated heterocycles. The molecule has 2 heterocycles. The molecule has 0 spiro atoms. The van der Waals surface area contributed by atoms with E-state index in [0.717, 1.165) is 35.2 Å². The average Bonchev–Trinajstić information content (AvgIpc) is 2.96. The molecular formula is C29H35N3O8S. The van der Waals surface area contributed by atoms with E-state index in [-0.39, 0.29) is 23.0 Å². The van der Waals surface area contributed by atoms with Gasteiger partial charge in [0.2, 0.25) is 11.8 Å². The molecule has 3 atom stereocenters. The van der Waals surface area contributed by atoms with Crippen molar-refractivity contribution in [2.24, 2.45) is 4.99 Å². The second-order valence-electron chi connectivity index (χ2n) is 9.74. The topological polar surface area (TPSA) is 150 Å². The Bertz CT molecular complexity index is 1510. The standard InChI is InChI=1S/C22H27N3O5.C7H8O3S/c1-5-30-19-9-13-14-8-12(26)6-7-17(14)23-21(15(13)10-18(19)27-2)16-11-20(28-3)24-25-22(16)29-4;1-6-2-4-7(5-3-6)11(8,9)10/h9-12,14,17,26H,5-8H2,1-4H3;2-5H,1H3,(H,8,9,10)/t12-,14-,17-;/m1./s1. The molecule has 2 aromatic carbocycles. The summed E-state index contributed by atoms with van der Waals surface area (Å²) in [6.45, 7) is 4.32. The van der Waals surface area contributed by atoms with Crippen molar-refractivity contribution in [3.8, 4) is 23.3 Å². The number of fused-ring (bicyclic) bond motifs is 3. The lowest BCUT2D eigenvalue weighted by Crippen LogP contribution is -2.34.